The fourth-order valence-electron chi connectivity index (χ4n) is 3.96. The quantitative estimate of drug-likeness (QED) is 0.490. The zero-order valence-electron chi connectivity index (χ0n) is 16.4. The smallest absolute Gasteiger partial charge is 0.249 e. The lowest BCUT2D eigenvalue weighted by Gasteiger charge is -2.45. The van der Waals surface area contributed by atoms with Gasteiger partial charge in [-0.1, -0.05) is 71.2 Å². The number of carbonyl (C=O) groups is 1. The number of nitrogens with zero attached hydrogens (tertiary/aromatic N) is 1. The lowest BCUT2D eigenvalue weighted by atomic mass is 9.90. The van der Waals surface area contributed by atoms with Gasteiger partial charge in [-0.05, 0) is 53.1 Å². The topological polar surface area (TPSA) is 49.8 Å². The molecule has 0 spiro atoms. The summed E-state index contributed by atoms with van der Waals surface area (Å²) in [5.74, 6) is -0.209. The lowest BCUT2D eigenvalue weighted by Crippen LogP contribution is -2.48. The van der Waals surface area contributed by atoms with E-state index >= 15 is 0 Å². The third-order valence-electron chi connectivity index (χ3n) is 5.43. The first-order valence-electron chi connectivity index (χ1n) is 9.78. The van der Waals surface area contributed by atoms with Crippen LogP contribution in [0.4, 0.5) is 0 Å². The number of aliphatic hydroxyl groups excluding tert-OH is 1. The first kappa shape index (κ1) is 22.1. The average Bonchev–Trinajstić information content (AvgIpc) is 2.78. The van der Waals surface area contributed by atoms with Gasteiger partial charge in [-0.15, -0.1) is 0 Å². The molecule has 0 radical (unpaired) electrons. The van der Waals surface area contributed by atoms with E-state index in [1.165, 1.54) is 0 Å². The first-order valence-corrected chi connectivity index (χ1v) is 10.9. The molecule has 0 bridgehead atoms. The van der Waals surface area contributed by atoms with Crippen LogP contribution in [0.15, 0.2) is 72.8 Å². The lowest BCUT2D eigenvalue weighted by molar-refractivity contribution is -0.165. The van der Waals surface area contributed by atoms with Gasteiger partial charge in [-0.2, -0.15) is 0 Å². The number of morpholine rings is 1. The van der Waals surface area contributed by atoms with Crippen LogP contribution in [-0.2, 0) is 9.53 Å². The second-order valence-corrected chi connectivity index (χ2v) is 8.64. The predicted octanol–water partition coefficient (Wildman–Crippen LogP) is 6.02. The van der Waals surface area contributed by atoms with E-state index in [0.717, 1.165) is 16.7 Å². The monoisotopic (exact) mass is 475 g/mol. The number of ether oxygens (including phenoxy) is 1. The van der Waals surface area contributed by atoms with Crippen LogP contribution in [0, 0.1) is 0 Å². The largest absolute Gasteiger partial charge is 0.394 e. The molecule has 160 valence electrons. The Balaban J connectivity index is 1.82. The highest BCUT2D eigenvalue weighted by Crippen LogP contribution is 2.44. The summed E-state index contributed by atoms with van der Waals surface area (Å²) in [6, 6.07) is 20.8. The Kier molecular flexibility index (Phi) is 6.85. The van der Waals surface area contributed by atoms with Gasteiger partial charge in [0, 0.05) is 15.1 Å². The van der Waals surface area contributed by atoms with E-state index in [1.807, 2.05) is 36.4 Å². The van der Waals surface area contributed by atoms with Crippen molar-refractivity contribution in [3.8, 4) is 0 Å². The van der Waals surface area contributed by atoms with Gasteiger partial charge < -0.3 is 14.7 Å². The summed E-state index contributed by atoms with van der Waals surface area (Å²) in [6.07, 6.45) is -0.447. The minimum absolute atomic E-state index is 0.0958. The van der Waals surface area contributed by atoms with Crippen LogP contribution in [0.2, 0.25) is 15.1 Å². The Morgan fingerprint density at radius 3 is 1.84 bits per heavy atom. The van der Waals surface area contributed by atoms with Crippen molar-refractivity contribution in [1.82, 2.24) is 4.90 Å². The van der Waals surface area contributed by atoms with Gasteiger partial charge in [0.15, 0.2) is 0 Å². The normalized spacial score (nSPS) is 20.0. The molecule has 7 heteroatoms. The van der Waals surface area contributed by atoms with E-state index in [2.05, 4.69) is 0 Å². The molecule has 4 nitrogen and oxygen atoms in total. The molecule has 31 heavy (non-hydrogen) atoms. The van der Waals surface area contributed by atoms with Crippen molar-refractivity contribution >= 4 is 40.7 Å². The standard InChI is InChI=1S/C24H20Cl3NO3/c25-18-7-1-15(2-8-18)21(13-29)28-22(30)14-31-24(17-5-11-20(27)12-6-17)23(28)16-3-9-19(26)10-4-16/h1-12,21,23-24,29H,13-14H2/t21-,23-,24+/m1/s1. The number of amides is 1. The van der Waals surface area contributed by atoms with E-state index < -0.39 is 18.2 Å². The molecule has 1 aliphatic rings. The molecule has 1 aliphatic heterocycles. The molecule has 1 N–H and O–H groups in total. The van der Waals surface area contributed by atoms with E-state index in [9.17, 15) is 9.90 Å². The minimum Gasteiger partial charge on any atom is -0.394 e. The number of benzene rings is 3. The molecule has 3 atom stereocenters. The molecule has 0 aromatic heterocycles. The summed E-state index contributed by atoms with van der Waals surface area (Å²) in [4.78, 5) is 14.8. The van der Waals surface area contributed by atoms with Gasteiger partial charge in [0.1, 0.15) is 12.7 Å². The van der Waals surface area contributed by atoms with Crippen LogP contribution in [0.5, 0.6) is 0 Å². The number of carbonyl (C=O) groups excluding carboxylic acids is 1. The van der Waals surface area contributed by atoms with Crippen molar-refractivity contribution in [3.63, 3.8) is 0 Å². The Morgan fingerprint density at radius 1 is 0.839 bits per heavy atom. The molecule has 0 saturated carbocycles. The Bertz CT molecular complexity index is 1040. The SMILES string of the molecule is O=C1CO[C@@H](c2ccc(Cl)cc2)[C@@H](c2ccc(Cl)cc2)N1[C@H](CO)c1ccc(Cl)cc1. The third-order valence-corrected chi connectivity index (χ3v) is 6.19. The van der Waals surface area contributed by atoms with Crippen LogP contribution in [0.3, 0.4) is 0 Å². The Morgan fingerprint density at radius 2 is 1.32 bits per heavy atom. The highest BCUT2D eigenvalue weighted by Gasteiger charge is 2.42. The highest BCUT2D eigenvalue weighted by molar-refractivity contribution is 6.31. The third kappa shape index (κ3) is 4.74. The van der Waals surface area contributed by atoms with Crippen molar-refractivity contribution < 1.29 is 14.6 Å². The Hall–Kier alpha value is -2.08. The van der Waals surface area contributed by atoms with Crippen molar-refractivity contribution in [2.24, 2.45) is 0 Å². The second-order valence-electron chi connectivity index (χ2n) is 7.33. The number of rotatable bonds is 5. The van der Waals surface area contributed by atoms with Crippen molar-refractivity contribution in [1.29, 1.82) is 0 Å². The maximum absolute atomic E-state index is 13.1. The summed E-state index contributed by atoms with van der Waals surface area (Å²) in [6.45, 7) is -0.341. The highest BCUT2D eigenvalue weighted by atomic mass is 35.5. The molecule has 1 fully saturated rings. The van der Waals surface area contributed by atoms with E-state index in [0.29, 0.717) is 15.1 Å². The second kappa shape index (κ2) is 9.60. The Labute approximate surface area is 195 Å². The fraction of sp³-hybridized carbons (Fsp3) is 0.208. The summed E-state index contributed by atoms with van der Waals surface area (Å²) < 4.78 is 6.02. The minimum atomic E-state index is -0.566. The maximum atomic E-state index is 13.1. The van der Waals surface area contributed by atoms with E-state index in [-0.39, 0.29) is 19.1 Å². The molecule has 0 aliphatic carbocycles. The van der Waals surface area contributed by atoms with Crippen LogP contribution < -0.4 is 0 Å². The van der Waals surface area contributed by atoms with Gasteiger partial charge in [-0.3, -0.25) is 4.79 Å². The van der Waals surface area contributed by atoms with E-state index in [1.54, 1.807) is 41.3 Å². The zero-order valence-corrected chi connectivity index (χ0v) is 18.7. The summed E-state index contributed by atoms with van der Waals surface area (Å²) in [5, 5.41) is 12.1. The number of aliphatic hydroxyl groups is 1. The van der Waals surface area contributed by atoms with Crippen molar-refractivity contribution in [3.05, 3.63) is 105 Å². The molecule has 1 amide bonds. The van der Waals surface area contributed by atoms with E-state index in [4.69, 9.17) is 39.5 Å². The molecular formula is C24H20Cl3NO3. The van der Waals surface area contributed by atoms with Gasteiger partial charge in [0.2, 0.25) is 5.91 Å². The number of hydrogen-bond donors (Lipinski definition) is 1. The molecule has 1 heterocycles. The van der Waals surface area contributed by atoms with Crippen LogP contribution >= 0.6 is 34.8 Å². The average molecular weight is 477 g/mol. The zero-order chi connectivity index (χ0) is 22.0. The number of hydrogen-bond acceptors (Lipinski definition) is 3. The van der Waals surface area contributed by atoms with Gasteiger partial charge in [-0.25, -0.2) is 0 Å². The van der Waals surface area contributed by atoms with Crippen LogP contribution in [-0.4, -0.2) is 29.1 Å². The molecule has 4 rings (SSSR count). The van der Waals surface area contributed by atoms with Gasteiger partial charge >= 0.3 is 0 Å². The fourth-order valence-corrected chi connectivity index (χ4v) is 4.34. The number of halogens is 3. The van der Waals surface area contributed by atoms with Gasteiger partial charge in [0.05, 0.1) is 18.7 Å². The summed E-state index contributed by atoms with van der Waals surface area (Å²) in [5.41, 5.74) is 2.52. The van der Waals surface area contributed by atoms with Gasteiger partial charge in [0.25, 0.3) is 0 Å². The molecular weight excluding hydrogens is 457 g/mol. The summed E-state index contributed by atoms with van der Waals surface area (Å²) in [7, 11) is 0. The van der Waals surface area contributed by atoms with Crippen molar-refractivity contribution in [2.75, 3.05) is 13.2 Å². The predicted molar refractivity (Wildman–Crippen MR) is 122 cm³/mol. The maximum Gasteiger partial charge on any atom is 0.249 e. The first-order chi connectivity index (χ1) is 15.0. The van der Waals surface area contributed by atoms with Crippen LogP contribution in [0.1, 0.15) is 34.9 Å². The van der Waals surface area contributed by atoms with Crippen LogP contribution in [0.25, 0.3) is 0 Å². The van der Waals surface area contributed by atoms with Crippen molar-refractivity contribution in [2.45, 2.75) is 18.2 Å². The molecule has 3 aromatic rings. The molecule has 0 unspecified atom stereocenters. The summed E-state index contributed by atoms with van der Waals surface area (Å²) >= 11 is 18.2. The molecule has 3 aromatic carbocycles. The molecule has 1 saturated heterocycles.